The minimum Gasteiger partial charge on any atom is -0.364 e. The third-order valence-corrected chi connectivity index (χ3v) is 4.91. The quantitative estimate of drug-likeness (QED) is 0.936. The van der Waals surface area contributed by atoms with Crippen molar-refractivity contribution in [2.75, 3.05) is 23.3 Å². The molecule has 0 spiro atoms. The largest absolute Gasteiger partial charge is 0.364 e. The summed E-state index contributed by atoms with van der Waals surface area (Å²) in [5, 5.41) is 3.43. The highest BCUT2D eigenvalue weighted by Gasteiger charge is 2.15. The Morgan fingerprint density at radius 3 is 2.75 bits per heavy atom. The van der Waals surface area contributed by atoms with Gasteiger partial charge < -0.3 is 10.2 Å². The van der Waals surface area contributed by atoms with Gasteiger partial charge in [0.2, 0.25) is 5.95 Å². The number of piperidine rings is 1. The molecule has 0 bridgehead atoms. The predicted molar refractivity (Wildman–Crippen MR) is 96.4 cm³/mol. The summed E-state index contributed by atoms with van der Waals surface area (Å²) in [5.74, 6) is 1.83. The maximum absolute atomic E-state index is 4.77. The molecule has 4 rings (SSSR count). The van der Waals surface area contributed by atoms with Crippen molar-refractivity contribution in [3.63, 3.8) is 0 Å². The molecule has 0 unspecified atom stereocenters. The minimum atomic E-state index is 0.690. The highest BCUT2D eigenvalue weighted by Crippen LogP contribution is 2.22. The third kappa shape index (κ3) is 3.35. The van der Waals surface area contributed by atoms with E-state index in [4.69, 9.17) is 9.97 Å². The van der Waals surface area contributed by atoms with E-state index in [9.17, 15) is 0 Å². The van der Waals surface area contributed by atoms with Crippen molar-refractivity contribution in [3.8, 4) is 0 Å². The van der Waals surface area contributed by atoms with Crippen molar-refractivity contribution in [3.05, 3.63) is 40.8 Å². The third-order valence-electron chi connectivity index (χ3n) is 4.91. The molecule has 126 valence electrons. The number of pyridine rings is 1. The van der Waals surface area contributed by atoms with E-state index in [2.05, 4.69) is 33.4 Å². The number of aromatic nitrogens is 3. The molecule has 24 heavy (non-hydrogen) atoms. The zero-order chi connectivity index (χ0) is 16.4. The van der Waals surface area contributed by atoms with Gasteiger partial charge in [0.05, 0.1) is 12.2 Å². The first kappa shape index (κ1) is 15.4. The number of anilines is 2. The molecule has 2 aromatic heterocycles. The molecular formula is C19H25N5. The average Bonchev–Trinajstić information content (AvgIpc) is 3.08. The number of hydrogen-bond acceptors (Lipinski definition) is 5. The van der Waals surface area contributed by atoms with Gasteiger partial charge in [-0.2, -0.15) is 0 Å². The van der Waals surface area contributed by atoms with E-state index >= 15 is 0 Å². The van der Waals surface area contributed by atoms with E-state index < -0.39 is 0 Å². The first-order valence-electron chi connectivity index (χ1n) is 9.10. The maximum Gasteiger partial charge on any atom is 0.225 e. The van der Waals surface area contributed by atoms with Crippen molar-refractivity contribution in [1.82, 2.24) is 15.0 Å². The molecule has 1 aliphatic carbocycles. The van der Waals surface area contributed by atoms with Crippen LogP contribution >= 0.6 is 0 Å². The summed E-state index contributed by atoms with van der Waals surface area (Å²) in [4.78, 5) is 16.5. The molecular weight excluding hydrogens is 298 g/mol. The lowest BCUT2D eigenvalue weighted by molar-refractivity contribution is 0.567. The Hall–Kier alpha value is -2.17. The van der Waals surface area contributed by atoms with Crippen molar-refractivity contribution in [2.24, 2.45) is 0 Å². The monoisotopic (exact) mass is 323 g/mol. The van der Waals surface area contributed by atoms with Gasteiger partial charge in [-0.25, -0.2) is 15.0 Å². The van der Waals surface area contributed by atoms with Gasteiger partial charge in [-0.3, -0.25) is 0 Å². The molecule has 0 radical (unpaired) electrons. The molecule has 1 aliphatic heterocycles. The van der Waals surface area contributed by atoms with Crippen molar-refractivity contribution in [2.45, 2.75) is 52.0 Å². The van der Waals surface area contributed by atoms with Gasteiger partial charge in [0.25, 0.3) is 0 Å². The number of rotatable bonds is 4. The summed E-state index contributed by atoms with van der Waals surface area (Å²) < 4.78 is 0. The van der Waals surface area contributed by atoms with E-state index in [1.54, 1.807) is 0 Å². The number of nitrogens with one attached hydrogen (secondary N) is 1. The van der Waals surface area contributed by atoms with E-state index in [1.165, 1.54) is 43.4 Å². The summed E-state index contributed by atoms with van der Waals surface area (Å²) in [6, 6.07) is 6.36. The van der Waals surface area contributed by atoms with Crippen LogP contribution in [0.15, 0.2) is 18.2 Å². The molecule has 1 fully saturated rings. The highest BCUT2D eigenvalue weighted by molar-refractivity contribution is 5.41. The second kappa shape index (κ2) is 6.75. The number of hydrogen-bond donors (Lipinski definition) is 1. The van der Waals surface area contributed by atoms with Crippen LogP contribution in [0.3, 0.4) is 0 Å². The molecule has 3 heterocycles. The lowest BCUT2D eigenvalue weighted by Crippen LogP contribution is -2.31. The molecule has 0 atom stereocenters. The van der Waals surface area contributed by atoms with E-state index in [1.807, 2.05) is 6.92 Å². The first-order chi connectivity index (χ1) is 11.8. The number of fused-ring (bicyclic) bond motifs is 1. The maximum atomic E-state index is 4.77. The van der Waals surface area contributed by atoms with Gasteiger partial charge in [-0.15, -0.1) is 0 Å². The molecule has 0 saturated carbocycles. The van der Waals surface area contributed by atoms with Crippen LogP contribution in [0.4, 0.5) is 11.8 Å². The van der Waals surface area contributed by atoms with Gasteiger partial charge in [-0.1, -0.05) is 6.07 Å². The lowest BCUT2D eigenvalue weighted by atomic mass is 10.1. The fourth-order valence-electron chi connectivity index (χ4n) is 3.64. The van der Waals surface area contributed by atoms with Crippen LogP contribution in [-0.2, 0) is 19.4 Å². The Balaban J connectivity index is 1.47. The molecule has 0 amide bonds. The van der Waals surface area contributed by atoms with Gasteiger partial charge in [0.15, 0.2) is 0 Å². The molecule has 2 aliphatic rings. The molecule has 2 aromatic rings. The molecule has 5 nitrogen and oxygen atoms in total. The Labute approximate surface area is 143 Å². The minimum absolute atomic E-state index is 0.690. The van der Waals surface area contributed by atoms with Gasteiger partial charge in [-0.05, 0) is 63.1 Å². The van der Waals surface area contributed by atoms with Crippen LogP contribution in [0, 0.1) is 6.92 Å². The van der Waals surface area contributed by atoms with Crippen LogP contribution < -0.4 is 10.2 Å². The van der Waals surface area contributed by atoms with E-state index in [-0.39, 0.29) is 0 Å². The van der Waals surface area contributed by atoms with Crippen molar-refractivity contribution in [1.29, 1.82) is 0 Å². The van der Waals surface area contributed by atoms with Gasteiger partial charge in [0.1, 0.15) is 5.82 Å². The van der Waals surface area contributed by atoms with Crippen LogP contribution in [0.5, 0.6) is 0 Å². The fraction of sp³-hybridized carbons (Fsp3) is 0.526. The summed E-state index contributed by atoms with van der Waals surface area (Å²) >= 11 is 0. The molecule has 0 aromatic carbocycles. The standard InChI is InChI=1S/C19H25N5/c1-14-12-16(22-19(21-14)24-10-3-2-4-11-24)13-20-18-9-8-15-6-5-7-17(15)23-18/h8-9,12H,2-7,10-11,13H2,1H3,(H,20,23). The zero-order valence-corrected chi connectivity index (χ0v) is 14.4. The van der Waals surface area contributed by atoms with E-state index in [0.717, 1.165) is 42.7 Å². The number of aryl methyl sites for hydroxylation is 3. The smallest absolute Gasteiger partial charge is 0.225 e. The average molecular weight is 323 g/mol. The Morgan fingerprint density at radius 2 is 1.88 bits per heavy atom. The normalized spacial score (nSPS) is 17.0. The first-order valence-corrected chi connectivity index (χ1v) is 9.10. The van der Waals surface area contributed by atoms with Crippen LogP contribution in [-0.4, -0.2) is 28.0 Å². The summed E-state index contributed by atoms with van der Waals surface area (Å²) in [5.41, 5.74) is 4.73. The van der Waals surface area contributed by atoms with Crippen LogP contribution in [0.2, 0.25) is 0 Å². The summed E-state index contributed by atoms with van der Waals surface area (Å²) in [7, 11) is 0. The zero-order valence-electron chi connectivity index (χ0n) is 14.4. The summed E-state index contributed by atoms with van der Waals surface area (Å²) in [6.45, 7) is 4.88. The van der Waals surface area contributed by atoms with Crippen molar-refractivity contribution >= 4 is 11.8 Å². The van der Waals surface area contributed by atoms with E-state index in [0.29, 0.717) is 6.54 Å². The molecule has 5 heteroatoms. The van der Waals surface area contributed by atoms with Gasteiger partial charge >= 0.3 is 0 Å². The lowest BCUT2D eigenvalue weighted by Gasteiger charge is -2.27. The SMILES string of the molecule is Cc1cc(CNc2ccc3c(n2)CCC3)nc(N2CCCCC2)n1. The Kier molecular flexibility index (Phi) is 4.32. The Bertz CT molecular complexity index is 722. The fourth-order valence-corrected chi connectivity index (χ4v) is 3.64. The predicted octanol–water partition coefficient (Wildman–Crippen LogP) is 3.27. The molecule has 1 saturated heterocycles. The topological polar surface area (TPSA) is 53.9 Å². The highest BCUT2D eigenvalue weighted by atomic mass is 15.3. The second-order valence-corrected chi connectivity index (χ2v) is 6.86. The van der Waals surface area contributed by atoms with Crippen LogP contribution in [0.25, 0.3) is 0 Å². The Morgan fingerprint density at radius 1 is 1.00 bits per heavy atom. The summed E-state index contributed by atoms with van der Waals surface area (Å²) in [6.07, 6.45) is 7.31. The molecule has 1 N–H and O–H groups in total. The van der Waals surface area contributed by atoms with Gasteiger partial charge in [0, 0.05) is 24.5 Å². The van der Waals surface area contributed by atoms with Crippen molar-refractivity contribution < 1.29 is 0 Å². The van der Waals surface area contributed by atoms with Crippen LogP contribution in [0.1, 0.15) is 48.3 Å². The second-order valence-electron chi connectivity index (χ2n) is 6.86. The number of nitrogens with zero attached hydrogens (tertiary/aromatic N) is 4.